The maximum absolute atomic E-state index is 9.88. The lowest BCUT2D eigenvalue weighted by Gasteiger charge is -2.39. The monoisotopic (exact) mass is 365 g/mol. The minimum Gasteiger partial charge on any atom is -0.395 e. The van der Waals surface area contributed by atoms with Crippen molar-refractivity contribution in [1.29, 1.82) is 0 Å². The molecule has 2 heterocycles. The van der Waals surface area contributed by atoms with Crippen LogP contribution in [0.3, 0.4) is 0 Å². The molecule has 2 saturated heterocycles. The van der Waals surface area contributed by atoms with E-state index < -0.39 is 5.79 Å². The molecule has 6 nitrogen and oxygen atoms in total. The second-order valence-corrected chi connectivity index (χ2v) is 7.71. The molecule has 0 bridgehead atoms. The molecule has 2 fully saturated rings. The van der Waals surface area contributed by atoms with Crippen molar-refractivity contribution < 1.29 is 24.4 Å². The van der Waals surface area contributed by atoms with Crippen LogP contribution in [0.2, 0.25) is 0 Å². The molecule has 2 N–H and O–H groups in total. The first-order valence-corrected chi connectivity index (χ1v) is 9.47. The lowest BCUT2D eigenvalue weighted by Crippen LogP contribution is -2.52. The van der Waals surface area contributed by atoms with Crippen molar-refractivity contribution in [2.75, 3.05) is 26.3 Å². The average molecular weight is 365 g/mol. The van der Waals surface area contributed by atoms with E-state index in [1.165, 1.54) is 0 Å². The Labute approximate surface area is 155 Å². The van der Waals surface area contributed by atoms with Gasteiger partial charge < -0.3 is 24.4 Å². The number of likely N-dealkylation sites (tertiary alicyclic amines) is 1. The van der Waals surface area contributed by atoms with Crippen molar-refractivity contribution in [2.45, 2.75) is 63.4 Å². The Bertz CT molecular complexity index is 552. The zero-order valence-corrected chi connectivity index (χ0v) is 15.7. The molecule has 2 aliphatic heterocycles. The summed E-state index contributed by atoms with van der Waals surface area (Å²) in [7, 11) is 0. The highest BCUT2D eigenvalue weighted by Gasteiger charge is 2.40. The van der Waals surface area contributed by atoms with Crippen LogP contribution in [0.25, 0.3) is 0 Å². The molecule has 0 spiro atoms. The van der Waals surface area contributed by atoms with Crippen molar-refractivity contribution in [3.63, 3.8) is 0 Å². The quantitative estimate of drug-likeness (QED) is 0.764. The van der Waals surface area contributed by atoms with Gasteiger partial charge in [0, 0.05) is 19.1 Å². The summed E-state index contributed by atoms with van der Waals surface area (Å²) in [4.78, 5) is 2.21. The highest BCUT2D eigenvalue weighted by molar-refractivity contribution is 5.13. The number of ether oxygens (including phenoxy) is 3. The van der Waals surface area contributed by atoms with Gasteiger partial charge in [0.25, 0.3) is 0 Å². The molecular formula is C20H31NO5. The fourth-order valence-corrected chi connectivity index (χ4v) is 3.69. The number of rotatable bonds is 7. The van der Waals surface area contributed by atoms with Gasteiger partial charge >= 0.3 is 0 Å². The molecule has 146 valence electrons. The second kappa shape index (κ2) is 8.78. The fourth-order valence-electron chi connectivity index (χ4n) is 3.69. The van der Waals surface area contributed by atoms with Crippen molar-refractivity contribution in [2.24, 2.45) is 0 Å². The van der Waals surface area contributed by atoms with Gasteiger partial charge in [0.1, 0.15) is 6.10 Å². The standard InChI is InChI=1S/C20H31NO5/c1-20(2)25-14-19(26-20)18(24-13-15-6-4-3-5-7-15)11-21-9-8-17(23)10-16(21)12-22/h3-7,16-19,22-23H,8-14H2,1-2H3/t16-,17+,18-,19-/m0/s1. The summed E-state index contributed by atoms with van der Waals surface area (Å²) >= 11 is 0. The summed E-state index contributed by atoms with van der Waals surface area (Å²) in [5.74, 6) is -0.604. The largest absolute Gasteiger partial charge is 0.395 e. The SMILES string of the molecule is CC1(C)OC[C@@H]([C@H](CN2CC[C@@H](O)C[C@H]2CO)OCc2ccccc2)O1. The van der Waals surface area contributed by atoms with E-state index in [-0.39, 0.29) is 31.0 Å². The molecule has 0 aromatic heterocycles. The van der Waals surface area contributed by atoms with Crippen molar-refractivity contribution in [3.05, 3.63) is 35.9 Å². The molecule has 0 unspecified atom stereocenters. The second-order valence-electron chi connectivity index (χ2n) is 7.71. The molecule has 1 aromatic rings. The van der Waals surface area contributed by atoms with Crippen LogP contribution in [-0.2, 0) is 20.8 Å². The summed E-state index contributed by atoms with van der Waals surface area (Å²) in [5, 5.41) is 19.6. The molecule has 4 atom stereocenters. The Morgan fingerprint density at radius 2 is 2.08 bits per heavy atom. The Morgan fingerprint density at radius 1 is 1.31 bits per heavy atom. The number of aliphatic hydroxyl groups excluding tert-OH is 2. The van der Waals surface area contributed by atoms with Crippen LogP contribution >= 0.6 is 0 Å². The van der Waals surface area contributed by atoms with E-state index >= 15 is 0 Å². The Kier molecular flexibility index (Phi) is 6.66. The number of nitrogens with zero attached hydrogens (tertiary/aromatic N) is 1. The van der Waals surface area contributed by atoms with Gasteiger partial charge in [-0.1, -0.05) is 30.3 Å². The van der Waals surface area contributed by atoms with Crippen LogP contribution < -0.4 is 0 Å². The third-order valence-corrected chi connectivity index (χ3v) is 5.19. The number of piperidine rings is 1. The molecule has 3 rings (SSSR count). The topological polar surface area (TPSA) is 71.4 Å². The van der Waals surface area contributed by atoms with Crippen LogP contribution in [0.4, 0.5) is 0 Å². The van der Waals surface area contributed by atoms with Crippen LogP contribution in [0.1, 0.15) is 32.3 Å². The van der Waals surface area contributed by atoms with E-state index in [4.69, 9.17) is 14.2 Å². The first-order chi connectivity index (χ1) is 12.5. The van der Waals surface area contributed by atoms with Crippen molar-refractivity contribution >= 4 is 0 Å². The van der Waals surface area contributed by atoms with Gasteiger partial charge in [-0.25, -0.2) is 0 Å². The van der Waals surface area contributed by atoms with Gasteiger partial charge in [0.15, 0.2) is 5.79 Å². The fraction of sp³-hybridized carbons (Fsp3) is 0.700. The summed E-state index contributed by atoms with van der Waals surface area (Å²) in [6, 6.07) is 10.0. The molecule has 1 aromatic carbocycles. The molecular weight excluding hydrogens is 334 g/mol. The van der Waals surface area contributed by atoms with Gasteiger partial charge in [-0.05, 0) is 32.3 Å². The Balaban J connectivity index is 1.66. The minimum atomic E-state index is -0.604. The summed E-state index contributed by atoms with van der Waals surface area (Å²) in [5.41, 5.74) is 1.11. The maximum Gasteiger partial charge on any atom is 0.163 e. The van der Waals surface area contributed by atoms with Gasteiger partial charge in [-0.2, -0.15) is 0 Å². The number of hydrogen-bond acceptors (Lipinski definition) is 6. The highest BCUT2D eigenvalue weighted by atomic mass is 16.7. The Morgan fingerprint density at radius 3 is 2.73 bits per heavy atom. The van der Waals surface area contributed by atoms with Gasteiger partial charge in [0.05, 0.1) is 32.0 Å². The summed E-state index contributed by atoms with van der Waals surface area (Å²) in [6.07, 6.45) is 0.656. The average Bonchev–Trinajstić information content (AvgIpc) is 3.00. The van der Waals surface area contributed by atoms with E-state index in [1.54, 1.807) is 0 Å². The van der Waals surface area contributed by atoms with Crippen LogP contribution in [0, 0.1) is 0 Å². The maximum atomic E-state index is 9.88. The number of benzene rings is 1. The van der Waals surface area contributed by atoms with Crippen LogP contribution in [0.15, 0.2) is 30.3 Å². The number of hydrogen-bond donors (Lipinski definition) is 2. The summed E-state index contributed by atoms with van der Waals surface area (Å²) in [6.45, 7) is 6.25. The van der Waals surface area contributed by atoms with E-state index in [9.17, 15) is 10.2 Å². The van der Waals surface area contributed by atoms with Gasteiger partial charge in [-0.15, -0.1) is 0 Å². The zero-order valence-electron chi connectivity index (χ0n) is 15.7. The van der Waals surface area contributed by atoms with E-state index in [2.05, 4.69) is 4.90 Å². The molecule has 6 heteroatoms. The molecule has 0 saturated carbocycles. The smallest absolute Gasteiger partial charge is 0.163 e. The van der Waals surface area contributed by atoms with E-state index in [1.807, 2.05) is 44.2 Å². The van der Waals surface area contributed by atoms with E-state index in [0.717, 1.165) is 18.5 Å². The third kappa shape index (κ3) is 5.25. The van der Waals surface area contributed by atoms with Crippen LogP contribution in [0.5, 0.6) is 0 Å². The predicted octanol–water partition coefficient (Wildman–Crippen LogP) is 1.54. The zero-order chi connectivity index (χ0) is 18.6. The first-order valence-electron chi connectivity index (χ1n) is 9.47. The molecule has 2 aliphatic rings. The van der Waals surface area contributed by atoms with Crippen LogP contribution in [-0.4, -0.2) is 71.6 Å². The summed E-state index contributed by atoms with van der Waals surface area (Å²) < 4.78 is 18.0. The first kappa shape index (κ1) is 19.7. The number of aliphatic hydroxyl groups is 2. The van der Waals surface area contributed by atoms with Crippen molar-refractivity contribution in [1.82, 2.24) is 4.90 Å². The van der Waals surface area contributed by atoms with Gasteiger partial charge in [0.2, 0.25) is 0 Å². The minimum absolute atomic E-state index is 0.0377. The molecule has 0 amide bonds. The van der Waals surface area contributed by atoms with Crippen molar-refractivity contribution in [3.8, 4) is 0 Å². The van der Waals surface area contributed by atoms with Gasteiger partial charge in [-0.3, -0.25) is 4.90 Å². The third-order valence-electron chi connectivity index (χ3n) is 5.19. The Hall–Kier alpha value is -1.02. The molecule has 0 radical (unpaired) electrons. The predicted molar refractivity (Wildman–Crippen MR) is 97.6 cm³/mol. The lowest BCUT2D eigenvalue weighted by molar-refractivity contribution is -0.162. The highest BCUT2D eigenvalue weighted by Crippen LogP contribution is 2.27. The molecule has 0 aliphatic carbocycles. The lowest BCUT2D eigenvalue weighted by atomic mass is 9.99. The normalized spacial score (nSPS) is 30.4. The van der Waals surface area contributed by atoms with E-state index in [0.29, 0.717) is 26.2 Å². The molecule has 26 heavy (non-hydrogen) atoms.